The minimum atomic E-state index is 0.0880. The summed E-state index contributed by atoms with van der Waals surface area (Å²) < 4.78 is 0. The summed E-state index contributed by atoms with van der Waals surface area (Å²) in [6, 6.07) is 7.69. The molecule has 2 fully saturated rings. The molecule has 0 radical (unpaired) electrons. The van der Waals surface area contributed by atoms with E-state index >= 15 is 0 Å². The van der Waals surface area contributed by atoms with Crippen LogP contribution in [-0.2, 0) is 4.79 Å². The van der Waals surface area contributed by atoms with Gasteiger partial charge in [-0.05, 0) is 85.5 Å². The zero-order chi connectivity index (χ0) is 20.9. The molecule has 0 heterocycles. The van der Waals surface area contributed by atoms with Crippen LogP contribution in [0, 0.1) is 46.8 Å². The van der Waals surface area contributed by atoms with Crippen molar-refractivity contribution in [3.63, 3.8) is 0 Å². The highest BCUT2D eigenvalue weighted by Gasteiger charge is 2.54. The zero-order valence-electron chi connectivity index (χ0n) is 18.0. The van der Waals surface area contributed by atoms with Crippen molar-refractivity contribution in [2.75, 3.05) is 0 Å². The average molecular weight is 399 g/mol. The molecule has 30 heavy (non-hydrogen) atoms. The number of fused-ring (bicyclic) bond motifs is 5. The second-order valence-electron chi connectivity index (χ2n) is 10.1. The molecule has 0 spiro atoms. The predicted molar refractivity (Wildman–Crippen MR) is 119 cm³/mol. The number of hydrogen-bond donors (Lipinski definition) is 0. The Balaban J connectivity index is 1.50. The predicted octanol–water partition coefficient (Wildman–Crippen LogP) is 5.77. The molecule has 1 aromatic carbocycles. The lowest BCUT2D eigenvalue weighted by molar-refractivity contribution is -0.115. The number of ketones is 2. The van der Waals surface area contributed by atoms with Gasteiger partial charge >= 0.3 is 0 Å². The molecule has 0 bridgehead atoms. The van der Waals surface area contributed by atoms with Crippen LogP contribution >= 0.6 is 0 Å². The molecular weight excluding hydrogens is 368 g/mol. The summed E-state index contributed by atoms with van der Waals surface area (Å²) in [6.45, 7) is 4.08. The molecule has 0 N–H and O–H groups in total. The third-order valence-corrected chi connectivity index (χ3v) is 8.34. The molecule has 0 amide bonds. The van der Waals surface area contributed by atoms with Gasteiger partial charge in [0, 0.05) is 23.5 Å². The number of rotatable bonds is 1. The second kappa shape index (κ2) is 7.38. The van der Waals surface area contributed by atoms with Gasteiger partial charge in [0.2, 0.25) is 0 Å². The number of hydrogen-bond acceptors (Lipinski definition) is 2. The summed E-state index contributed by atoms with van der Waals surface area (Å²) >= 11 is 0. The van der Waals surface area contributed by atoms with E-state index in [0.29, 0.717) is 35.5 Å². The minimum Gasteiger partial charge on any atom is -0.295 e. The van der Waals surface area contributed by atoms with Crippen LogP contribution in [0.2, 0.25) is 0 Å². The number of carbonyl (C=O) groups excluding carboxylic acids is 2. The van der Waals surface area contributed by atoms with Crippen LogP contribution in [0.5, 0.6) is 0 Å². The number of carbonyl (C=O) groups is 2. The van der Waals surface area contributed by atoms with Gasteiger partial charge in [-0.2, -0.15) is 0 Å². The summed E-state index contributed by atoms with van der Waals surface area (Å²) in [5.41, 5.74) is 3.34. The largest absolute Gasteiger partial charge is 0.295 e. The summed E-state index contributed by atoms with van der Waals surface area (Å²) in [4.78, 5) is 23.6. The van der Waals surface area contributed by atoms with Gasteiger partial charge in [-0.15, -0.1) is 0 Å². The first-order chi connectivity index (χ1) is 14.4. The van der Waals surface area contributed by atoms with Gasteiger partial charge in [-0.3, -0.25) is 9.59 Å². The number of benzene rings is 1. The Bertz CT molecular complexity index is 999. The second-order valence-corrected chi connectivity index (χ2v) is 10.1. The fourth-order valence-corrected chi connectivity index (χ4v) is 6.91. The van der Waals surface area contributed by atoms with Crippen LogP contribution < -0.4 is 0 Å². The van der Waals surface area contributed by atoms with E-state index in [9.17, 15) is 9.59 Å². The van der Waals surface area contributed by atoms with E-state index in [1.54, 1.807) is 6.92 Å². The lowest BCUT2D eigenvalue weighted by atomic mass is 9.51. The van der Waals surface area contributed by atoms with E-state index in [-0.39, 0.29) is 11.6 Å². The van der Waals surface area contributed by atoms with Crippen LogP contribution in [0.25, 0.3) is 0 Å². The topological polar surface area (TPSA) is 34.1 Å². The van der Waals surface area contributed by atoms with Crippen molar-refractivity contribution in [2.24, 2.45) is 35.0 Å². The van der Waals surface area contributed by atoms with Crippen LogP contribution in [0.4, 0.5) is 0 Å². The van der Waals surface area contributed by atoms with Crippen LogP contribution in [-0.4, -0.2) is 11.6 Å². The van der Waals surface area contributed by atoms with E-state index in [1.165, 1.54) is 31.3 Å². The van der Waals surface area contributed by atoms with Crippen molar-refractivity contribution in [1.82, 2.24) is 0 Å². The van der Waals surface area contributed by atoms with E-state index < -0.39 is 0 Å². The van der Waals surface area contributed by atoms with Crippen LogP contribution in [0.3, 0.4) is 0 Å². The third kappa shape index (κ3) is 3.29. The molecule has 0 aliphatic heterocycles. The first-order valence-electron chi connectivity index (χ1n) is 11.5. The van der Waals surface area contributed by atoms with Crippen molar-refractivity contribution < 1.29 is 9.59 Å². The van der Waals surface area contributed by atoms with Crippen LogP contribution in [0.1, 0.15) is 68.3 Å². The van der Waals surface area contributed by atoms with E-state index in [2.05, 4.69) is 30.9 Å². The Hall–Kier alpha value is -2.40. The zero-order valence-corrected chi connectivity index (χ0v) is 18.0. The molecule has 0 saturated heterocycles. The van der Waals surface area contributed by atoms with Gasteiger partial charge in [-0.25, -0.2) is 0 Å². The standard InChI is InChI=1S/C28H30O2/c1-18(29)20-8-5-19(6-9-20)7-10-22-17-28(2)15-3-4-26(28)25-13-11-21-16-23(30)12-14-24(21)27(22)25/h5-6,8-9,11,13,16,22,24-27H,3-4,12,14-15,17H2,1-2H3/t22-,24-,25-,26-,27+,28-/m0/s1. The SMILES string of the molecule is CC(=O)c1ccc(C#C[C@H]2C[C@]3(C)CCC[C@H]3[C@@H]3C=CC4=CC(=O)CC[C@@H]4[C@H]32)cc1. The molecular formula is C28H30O2. The smallest absolute Gasteiger partial charge is 0.159 e. The minimum absolute atomic E-state index is 0.0880. The van der Waals surface area contributed by atoms with Crippen molar-refractivity contribution in [1.29, 1.82) is 0 Å². The van der Waals surface area contributed by atoms with Crippen molar-refractivity contribution >= 4 is 11.6 Å². The van der Waals surface area contributed by atoms with Gasteiger partial charge < -0.3 is 0 Å². The highest BCUT2D eigenvalue weighted by molar-refractivity contribution is 5.94. The molecule has 4 aliphatic carbocycles. The molecule has 5 rings (SSSR count). The fraction of sp³-hybridized carbons (Fsp3) is 0.500. The first kappa shape index (κ1) is 19.6. The van der Waals surface area contributed by atoms with E-state index in [0.717, 1.165) is 23.5 Å². The molecule has 6 atom stereocenters. The van der Waals surface area contributed by atoms with Gasteiger partial charge in [0.1, 0.15) is 0 Å². The fourth-order valence-electron chi connectivity index (χ4n) is 6.91. The maximum atomic E-state index is 12.0. The monoisotopic (exact) mass is 398 g/mol. The number of Topliss-reactive ketones (excluding diaryl/α,β-unsaturated/α-hetero) is 1. The molecule has 1 aromatic rings. The first-order valence-corrected chi connectivity index (χ1v) is 11.5. The number of allylic oxidation sites excluding steroid dienone is 4. The molecule has 154 valence electrons. The van der Waals surface area contributed by atoms with Crippen molar-refractivity contribution in [3.8, 4) is 11.8 Å². The van der Waals surface area contributed by atoms with Crippen LogP contribution in [0.15, 0.2) is 48.1 Å². The lowest BCUT2D eigenvalue weighted by Crippen LogP contribution is -2.47. The summed E-state index contributed by atoms with van der Waals surface area (Å²) in [5.74, 6) is 10.2. The van der Waals surface area contributed by atoms with Gasteiger partial charge in [0.05, 0.1) is 0 Å². The Morgan fingerprint density at radius 1 is 1.17 bits per heavy atom. The van der Waals surface area contributed by atoms with E-state index in [4.69, 9.17) is 0 Å². The lowest BCUT2D eigenvalue weighted by Gasteiger charge is -2.53. The highest BCUT2D eigenvalue weighted by atomic mass is 16.1. The normalized spacial score (nSPS) is 36.7. The van der Waals surface area contributed by atoms with E-state index in [1.807, 2.05) is 30.3 Å². The Morgan fingerprint density at radius 3 is 2.73 bits per heavy atom. The van der Waals surface area contributed by atoms with Gasteiger partial charge in [0.15, 0.2) is 11.6 Å². The quantitative estimate of drug-likeness (QED) is 0.444. The summed E-state index contributed by atoms with van der Waals surface area (Å²) in [6.07, 6.45) is 13.4. The van der Waals surface area contributed by atoms with Crippen molar-refractivity contribution in [2.45, 2.75) is 52.4 Å². The summed E-state index contributed by atoms with van der Waals surface area (Å²) in [5, 5.41) is 0. The van der Waals surface area contributed by atoms with Gasteiger partial charge in [0.25, 0.3) is 0 Å². The molecule has 0 unspecified atom stereocenters. The Kier molecular flexibility index (Phi) is 4.81. The van der Waals surface area contributed by atoms with Gasteiger partial charge in [-0.1, -0.05) is 49.5 Å². The molecule has 2 heteroatoms. The maximum absolute atomic E-state index is 12.0. The third-order valence-electron chi connectivity index (χ3n) is 8.34. The molecule has 0 aromatic heterocycles. The Morgan fingerprint density at radius 2 is 1.97 bits per heavy atom. The highest BCUT2D eigenvalue weighted by Crippen LogP contribution is 2.61. The summed E-state index contributed by atoms with van der Waals surface area (Å²) in [7, 11) is 0. The van der Waals surface area contributed by atoms with Crippen molar-refractivity contribution in [3.05, 3.63) is 59.2 Å². The molecule has 4 aliphatic rings. The molecule has 2 nitrogen and oxygen atoms in total. The Labute approximate surface area is 179 Å². The maximum Gasteiger partial charge on any atom is 0.159 e. The molecule has 2 saturated carbocycles. The average Bonchev–Trinajstić information content (AvgIpc) is 3.13.